The summed E-state index contributed by atoms with van der Waals surface area (Å²) in [6.45, 7) is 0. The summed E-state index contributed by atoms with van der Waals surface area (Å²) in [4.78, 5) is 16.9. The predicted octanol–water partition coefficient (Wildman–Crippen LogP) is 16.0. The van der Waals surface area contributed by atoms with Gasteiger partial charge >= 0.3 is 0 Å². The van der Waals surface area contributed by atoms with E-state index in [0.29, 0.717) is 23.6 Å². The number of fused-ring (bicyclic) bond motifs is 14. The summed E-state index contributed by atoms with van der Waals surface area (Å²) in [5.74, 6) is 2.32. The highest BCUT2D eigenvalue weighted by atomic mass is 15.3. The molecule has 0 saturated heterocycles. The predicted molar refractivity (Wildman–Crippen MR) is 288 cm³/mol. The molecule has 332 valence electrons. The maximum Gasteiger partial charge on any atom is 0.240 e. The van der Waals surface area contributed by atoms with Crippen molar-refractivity contribution in [2.75, 3.05) is 0 Å². The first-order chi connectivity index (χ1) is 34.8. The van der Waals surface area contributed by atoms with E-state index in [2.05, 4.69) is 225 Å². The van der Waals surface area contributed by atoms with Crippen LogP contribution in [0.3, 0.4) is 0 Å². The molecule has 1 fully saturated rings. The van der Waals surface area contributed by atoms with Crippen LogP contribution in [0.1, 0.15) is 43.6 Å². The van der Waals surface area contributed by atoms with Crippen molar-refractivity contribution in [3.8, 4) is 34.7 Å². The molecule has 7 heteroatoms. The molecule has 0 atom stereocenters. The molecule has 0 aliphatic heterocycles. The first-order valence-electron chi connectivity index (χ1n) is 24.7. The van der Waals surface area contributed by atoms with Gasteiger partial charge in [-0.3, -0.25) is 9.13 Å². The lowest BCUT2D eigenvalue weighted by Crippen LogP contribution is -2.11. The Morgan fingerprint density at radius 1 is 0.300 bits per heavy atom. The molecule has 0 unspecified atom stereocenters. The number of nitrogens with zero attached hydrogens (tertiary/aromatic N) is 7. The summed E-state index contributed by atoms with van der Waals surface area (Å²) >= 11 is 0. The zero-order valence-corrected chi connectivity index (χ0v) is 38.4. The number of para-hydroxylation sites is 6. The summed E-state index contributed by atoms with van der Waals surface area (Å²) in [6, 6.07) is 74.6. The average molecular weight is 900 g/mol. The van der Waals surface area contributed by atoms with Crippen molar-refractivity contribution in [3.05, 3.63) is 212 Å². The summed E-state index contributed by atoms with van der Waals surface area (Å²) in [5, 5.41) is 9.26. The van der Waals surface area contributed by atoms with Gasteiger partial charge in [-0.1, -0.05) is 177 Å². The Bertz CT molecular complexity index is 4130. The third-order valence-corrected chi connectivity index (χ3v) is 15.2. The van der Waals surface area contributed by atoms with Gasteiger partial charge in [0.2, 0.25) is 11.9 Å². The maximum atomic E-state index is 5.75. The normalized spacial score (nSPS) is 13.7. The smallest absolute Gasteiger partial charge is 0.240 e. The monoisotopic (exact) mass is 899 g/mol. The summed E-state index contributed by atoms with van der Waals surface area (Å²) < 4.78 is 9.45. The molecular formula is C63H45N7. The molecule has 0 N–H and O–H groups in total. The van der Waals surface area contributed by atoms with Crippen molar-refractivity contribution in [3.63, 3.8) is 0 Å². The highest BCUT2D eigenvalue weighted by Crippen LogP contribution is 2.44. The largest absolute Gasteiger partial charge is 0.307 e. The zero-order chi connectivity index (χ0) is 45.9. The van der Waals surface area contributed by atoms with E-state index in [0.717, 1.165) is 82.6 Å². The van der Waals surface area contributed by atoms with Gasteiger partial charge < -0.3 is 9.13 Å². The van der Waals surface area contributed by atoms with Gasteiger partial charge in [0.1, 0.15) is 0 Å². The van der Waals surface area contributed by atoms with E-state index in [9.17, 15) is 0 Å². The Morgan fingerprint density at radius 2 is 0.657 bits per heavy atom. The van der Waals surface area contributed by atoms with E-state index in [1.807, 2.05) is 0 Å². The maximum absolute atomic E-state index is 5.75. The average Bonchev–Trinajstić information content (AvgIpc) is 4.17. The Hall–Kier alpha value is -8.81. The van der Waals surface area contributed by atoms with E-state index in [1.54, 1.807) is 0 Å². The van der Waals surface area contributed by atoms with Crippen molar-refractivity contribution in [2.45, 2.75) is 38.0 Å². The van der Waals surface area contributed by atoms with Crippen LogP contribution in [0, 0.1) is 0 Å². The topological polar surface area (TPSA) is 58.4 Å². The number of hydrogen-bond acceptors (Lipinski definition) is 3. The second-order valence-electron chi connectivity index (χ2n) is 19.0. The Morgan fingerprint density at radius 3 is 1.07 bits per heavy atom. The van der Waals surface area contributed by atoms with Crippen molar-refractivity contribution >= 4 is 87.2 Å². The van der Waals surface area contributed by atoms with Crippen molar-refractivity contribution in [2.24, 2.45) is 0 Å². The van der Waals surface area contributed by atoms with Crippen LogP contribution in [0.2, 0.25) is 0 Å². The molecule has 14 aromatic rings. The van der Waals surface area contributed by atoms with E-state index in [4.69, 9.17) is 15.0 Å². The first-order valence-corrected chi connectivity index (χ1v) is 24.7. The lowest BCUT2D eigenvalue weighted by atomic mass is 9.84. The van der Waals surface area contributed by atoms with Crippen molar-refractivity contribution in [1.29, 1.82) is 0 Å². The molecule has 1 aliphatic rings. The molecule has 7 nitrogen and oxygen atoms in total. The van der Waals surface area contributed by atoms with E-state index < -0.39 is 0 Å². The Labute approximate surface area is 403 Å². The van der Waals surface area contributed by atoms with Gasteiger partial charge in [0.15, 0.2) is 5.82 Å². The Kier molecular flexibility index (Phi) is 8.60. The van der Waals surface area contributed by atoms with Crippen LogP contribution in [0.25, 0.3) is 122 Å². The van der Waals surface area contributed by atoms with Crippen LogP contribution in [-0.4, -0.2) is 33.2 Å². The molecule has 0 bridgehead atoms. The van der Waals surface area contributed by atoms with E-state index in [1.165, 1.54) is 59.2 Å². The molecule has 1 saturated carbocycles. The molecule has 1 aliphatic carbocycles. The van der Waals surface area contributed by atoms with Crippen LogP contribution in [0.5, 0.6) is 0 Å². The van der Waals surface area contributed by atoms with Gasteiger partial charge in [0.05, 0.1) is 44.1 Å². The molecule has 9 aromatic carbocycles. The van der Waals surface area contributed by atoms with E-state index in [-0.39, 0.29) is 0 Å². The number of aromatic nitrogens is 7. The lowest BCUT2D eigenvalue weighted by molar-refractivity contribution is 0.443. The zero-order valence-electron chi connectivity index (χ0n) is 38.4. The highest BCUT2D eigenvalue weighted by molar-refractivity contribution is 6.25. The molecular weight excluding hydrogens is 855 g/mol. The van der Waals surface area contributed by atoms with Gasteiger partial charge in [-0.25, -0.2) is 0 Å². The molecule has 0 amide bonds. The lowest BCUT2D eigenvalue weighted by Gasteiger charge is -2.22. The summed E-state index contributed by atoms with van der Waals surface area (Å²) in [5.41, 5.74) is 13.2. The van der Waals surface area contributed by atoms with Crippen LogP contribution >= 0.6 is 0 Å². The quantitative estimate of drug-likeness (QED) is 0.167. The van der Waals surface area contributed by atoms with Gasteiger partial charge in [0, 0.05) is 60.0 Å². The highest BCUT2D eigenvalue weighted by Gasteiger charge is 2.27. The fourth-order valence-electron chi connectivity index (χ4n) is 12.1. The fraction of sp³-hybridized carbons (Fsp3) is 0.0952. The molecule has 70 heavy (non-hydrogen) atoms. The number of benzene rings is 9. The summed E-state index contributed by atoms with van der Waals surface area (Å²) in [6.07, 6.45) is 6.38. The van der Waals surface area contributed by atoms with Gasteiger partial charge in [0.25, 0.3) is 0 Å². The first kappa shape index (κ1) is 39.2. The fourth-order valence-corrected chi connectivity index (χ4v) is 12.1. The molecule has 0 spiro atoms. The van der Waals surface area contributed by atoms with Crippen LogP contribution in [0.4, 0.5) is 0 Å². The molecule has 15 rings (SSSR count). The van der Waals surface area contributed by atoms with Gasteiger partial charge in [-0.2, -0.15) is 15.0 Å². The third kappa shape index (κ3) is 5.72. The van der Waals surface area contributed by atoms with Crippen LogP contribution < -0.4 is 0 Å². The summed E-state index contributed by atoms with van der Waals surface area (Å²) in [7, 11) is 0. The van der Waals surface area contributed by atoms with Crippen molar-refractivity contribution in [1.82, 2.24) is 33.2 Å². The van der Waals surface area contributed by atoms with Gasteiger partial charge in [-0.15, -0.1) is 0 Å². The third-order valence-electron chi connectivity index (χ3n) is 15.2. The van der Waals surface area contributed by atoms with E-state index >= 15 is 0 Å². The molecule has 0 radical (unpaired) electrons. The minimum Gasteiger partial charge on any atom is -0.307 e. The number of rotatable bonds is 6. The minimum atomic E-state index is 0.557. The second kappa shape index (κ2) is 15.4. The second-order valence-corrected chi connectivity index (χ2v) is 19.0. The van der Waals surface area contributed by atoms with Crippen LogP contribution in [-0.2, 0) is 0 Å². The van der Waals surface area contributed by atoms with Gasteiger partial charge in [-0.05, 0) is 72.9 Å². The molecule has 5 aromatic heterocycles. The minimum absolute atomic E-state index is 0.557. The standard InChI is InChI=1S/C63H45N7/c1-4-18-40(19-5-1)41-32-34-42(35-33-41)61-64-62(69-55-30-16-12-26-47(55)51-38-36-49-45-24-10-14-28-53(45)67(57(49)59(51)69)43-20-6-2-7-21-43)66-63(65-61)70-56-31-17-13-27-48(56)52-39-37-50-46-25-11-15-29-54(46)68(58(50)60(52)70)44-22-8-3-9-23-44/h2-3,6-17,20-40H,1,4-5,18-19H2. The number of hydrogen-bond donors (Lipinski definition) is 0. The molecule has 5 heterocycles. The SMILES string of the molecule is c1ccc(-n2c3ccccc3c3ccc4c5ccccc5n(-c5nc(-c6ccc(C7CCCCC7)cc6)nc(-n6c7ccccc7c7ccc8c9ccccc9n(-c9ccccc9)c8c76)n5)c4c32)cc1. The Balaban J connectivity index is 1.10. The van der Waals surface area contributed by atoms with Crippen molar-refractivity contribution < 1.29 is 0 Å². The van der Waals surface area contributed by atoms with Crippen LogP contribution in [0.15, 0.2) is 206 Å².